The highest BCUT2D eigenvalue weighted by Crippen LogP contribution is 2.23. The molecule has 1 N–H and O–H groups in total. The van der Waals surface area contributed by atoms with E-state index in [1.165, 1.54) is 19.4 Å². The molecule has 0 unspecified atom stereocenters. The van der Waals surface area contributed by atoms with Crippen molar-refractivity contribution in [3.05, 3.63) is 71.7 Å². The largest absolute Gasteiger partial charge is 0.494 e. The number of sulfonamides is 1. The summed E-state index contributed by atoms with van der Waals surface area (Å²) in [5.74, 6) is -0.452. The molecule has 0 radical (unpaired) electrons. The van der Waals surface area contributed by atoms with E-state index in [0.717, 1.165) is 23.3 Å². The molecule has 0 aliphatic rings. The molecule has 8 heteroatoms. The fourth-order valence-electron chi connectivity index (χ4n) is 2.53. The van der Waals surface area contributed by atoms with E-state index in [0.29, 0.717) is 12.4 Å². The molecular weight excluding hydrogens is 357 g/mol. The molecular formula is C18H18FN3O3S. The Hall–Kier alpha value is -2.87. The Labute approximate surface area is 151 Å². The fourth-order valence-corrected chi connectivity index (χ4v) is 3.61. The lowest BCUT2D eigenvalue weighted by atomic mass is 10.1. The smallest absolute Gasteiger partial charge is 0.263 e. The monoisotopic (exact) mass is 375 g/mol. The van der Waals surface area contributed by atoms with E-state index in [1.807, 2.05) is 31.2 Å². The van der Waals surface area contributed by atoms with Crippen LogP contribution in [0.15, 0.2) is 59.6 Å². The number of ether oxygens (including phenoxy) is 1. The van der Waals surface area contributed by atoms with Gasteiger partial charge in [-0.2, -0.15) is 5.10 Å². The molecule has 0 bridgehead atoms. The minimum atomic E-state index is -3.91. The topological polar surface area (TPSA) is 73.2 Å². The van der Waals surface area contributed by atoms with Crippen LogP contribution in [0.3, 0.4) is 0 Å². The third-order valence-electron chi connectivity index (χ3n) is 3.80. The Balaban J connectivity index is 1.86. The second kappa shape index (κ2) is 7.17. The van der Waals surface area contributed by atoms with E-state index >= 15 is 0 Å². The molecule has 2 aromatic carbocycles. The summed E-state index contributed by atoms with van der Waals surface area (Å²) in [5.41, 5.74) is 2.10. The Bertz CT molecular complexity index is 1030. The third-order valence-corrected chi connectivity index (χ3v) is 5.16. The van der Waals surface area contributed by atoms with E-state index in [4.69, 9.17) is 4.74 Å². The summed E-state index contributed by atoms with van der Waals surface area (Å²) in [7, 11) is -2.64. The number of halogens is 1. The van der Waals surface area contributed by atoms with Crippen LogP contribution in [0.25, 0.3) is 0 Å². The third kappa shape index (κ3) is 3.85. The maximum atomic E-state index is 13.5. The van der Waals surface area contributed by atoms with Crippen molar-refractivity contribution in [2.24, 2.45) is 0 Å². The summed E-state index contributed by atoms with van der Waals surface area (Å²) < 4.78 is 47.6. The van der Waals surface area contributed by atoms with Gasteiger partial charge in [0.1, 0.15) is 5.82 Å². The number of rotatable bonds is 6. The second-order valence-electron chi connectivity index (χ2n) is 5.77. The molecule has 0 amide bonds. The summed E-state index contributed by atoms with van der Waals surface area (Å²) in [4.78, 5) is -0.0981. The average Bonchev–Trinajstić information content (AvgIpc) is 3.01. The van der Waals surface area contributed by atoms with Gasteiger partial charge in [0.15, 0.2) is 11.6 Å². The molecule has 26 heavy (non-hydrogen) atoms. The van der Waals surface area contributed by atoms with Crippen molar-refractivity contribution in [2.45, 2.75) is 18.4 Å². The summed E-state index contributed by atoms with van der Waals surface area (Å²) in [5, 5.41) is 4.17. The van der Waals surface area contributed by atoms with E-state index in [1.54, 1.807) is 10.7 Å². The predicted octanol–water partition coefficient (Wildman–Crippen LogP) is 3.19. The minimum Gasteiger partial charge on any atom is -0.494 e. The summed E-state index contributed by atoms with van der Waals surface area (Å²) in [6.07, 6.45) is 1.51. The van der Waals surface area contributed by atoms with Gasteiger partial charge in [0, 0.05) is 12.1 Å². The SMILES string of the molecule is COc1cc(S(=O)(=O)Nc2ccnn2Cc2cccc(C)c2)ccc1F. The molecule has 0 fully saturated rings. The van der Waals surface area contributed by atoms with Crippen LogP contribution in [-0.4, -0.2) is 25.3 Å². The standard InChI is InChI=1S/C18H18FN3O3S/c1-13-4-3-5-14(10-13)12-22-18(8-9-20-22)21-26(23,24)15-6-7-16(19)17(11-15)25-2/h3-11,21H,12H2,1-2H3. The Morgan fingerprint density at radius 3 is 2.73 bits per heavy atom. The van der Waals surface area contributed by atoms with Crippen LogP contribution in [0.4, 0.5) is 10.2 Å². The summed E-state index contributed by atoms with van der Waals surface area (Å²) in [6.45, 7) is 2.40. The van der Waals surface area contributed by atoms with Gasteiger partial charge in [0.2, 0.25) is 0 Å². The number of aryl methyl sites for hydroxylation is 1. The number of hydrogen-bond acceptors (Lipinski definition) is 4. The molecule has 0 saturated heterocycles. The zero-order chi connectivity index (χ0) is 18.7. The average molecular weight is 375 g/mol. The van der Waals surface area contributed by atoms with Crippen molar-refractivity contribution in [3.8, 4) is 5.75 Å². The van der Waals surface area contributed by atoms with Crippen molar-refractivity contribution < 1.29 is 17.5 Å². The Morgan fingerprint density at radius 2 is 2.00 bits per heavy atom. The number of aromatic nitrogens is 2. The van der Waals surface area contributed by atoms with Crippen LogP contribution >= 0.6 is 0 Å². The molecule has 136 valence electrons. The van der Waals surface area contributed by atoms with Gasteiger partial charge in [0.05, 0.1) is 24.7 Å². The summed E-state index contributed by atoms with van der Waals surface area (Å²) in [6, 6.07) is 12.8. The van der Waals surface area contributed by atoms with Crippen LogP contribution in [0.2, 0.25) is 0 Å². The molecule has 3 rings (SSSR count). The lowest BCUT2D eigenvalue weighted by molar-refractivity contribution is 0.385. The van der Waals surface area contributed by atoms with Crippen molar-refractivity contribution in [3.63, 3.8) is 0 Å². The van der Waals surface area contributed by atoms with Gasteiger partial charge in [-0.3, -0.25) is 4.72 Å². The van der Waals surface area contributed by atoms with E-state index < -0.39 is 15.8 Å². The maximum Gasteiger partial charge on any atom is 0.263 e. The van der Waals surface area contributed by atoms with Crippen LogP contribution in [0, 0.1) is 12.7 Å². The lowest BCUT2D eigenvalue weighted by Gasteiger charge is -2.12. The molecule has 0 spiro atoms. The molecule has 3 aromatic rings. The number of anilines is 1. The quantitative estimate of drug-likeness (QED) is 0.718. The van der Waals surface area contributed by atoms with Crippen LogP contribution in [-0.2, 0) is 16.6 Å². The van der Waals surface area contributed by atoms with Gasteiger partial charge in [-0.05, 0) is 24.6 Å². The summed E-state index contributed by atoms with van der Waals surface area (Å²) >= 11 is 0. The number of benzene rings is 2. The first-order valence-electron chi connectivity index (χ1n) is 7.83. The first kappa shape index (κ1) is 17.9. The van der Waals surface area contributed by atoms with Gasteiger partial charge < -0.3 is 4.74 Å². The second-order valence-corrected chi connectivity index (χ2v) is 7.45. The highest BCUT2D eigenvalue weighted by molar-refractivity contribution is 7.92. The molecule has 6 nitrogen and oxygen atoms in total. The van der Waals surface area contributed by atoms with Crippen molar-refractivity contribution in [2.75, 3.05) is 11.8 Å². The van der Waals surface area contributed by atoms with Crippen molar-refractivity contribution in [1.29, 1.82) is 0 Å². The number of methoxy groups -OCH3 is 1. The number of hydrogen-bond donors (Lipinski definition) is 1. The van der Waals surface area contributed by atoms with E-state index in [-0.39, 0.29) is 10.6 Å². The normalized spacial score (nSPS) is 11.3. The van der Waals surface area contributed by atoms with Crippen LogP contribution < -0.4 is 9.46 Å². The molecule has 1 heterocycles. The van der Waals surface area contributed by atoms with Crippen LogP contribution in [0.1, 0.15) is 11.1 Å². The highest BCUT2D eigenvalue weighted by Gasteiger charge is 2.19. The van der Waals surface area contributed by atoms with Gasteiger partial charge in [-0.15, -0.1) is 0 Å². The first-order valence-corrected chi connectivity index (χ1v) is 9.31. The molecule has 1 aromatic heterocycles. The fraction of sp³-hybridized carbons (Fsp3) is 0.167. The van der Waals surface area contributed by atoms with Gasteiger partial charge in [-0.25, -0.2) is 17.5 Å². The lowest BCUT2D eigenvalue weighted by Crippen LogP contribution is -2.17. The van der Waals surface area contributed by atoms with Gasteiger partial charge in [0.25, 0.3) is 10.0 Å². The minimum absolute atomic E-state index is 0.0981. The predicted molar refractivity (Wildman–Crippen MR) is 96.3 cm³/mol. The van der Waals surface area contributed by atoms with Crippen molar-refractivity contribution >= 4 is 15.8 Å². The van der Waals surface area contributed by atoms with Gasteiger partial charge >= 0.3 is 0 Å². The zero-order valence-electron chi connectivity index (χ0n) is 14.3. The molecule has 0 atom stereocenters. The molecule has 0 saturated carbocycles. The van der Waals surface area contributed by atoms with Crippen LogP contribution in [0.5, 0.6) is 5.75 Å². The van der Waals surface area contributed by atoms with Gasteiger partial charge in [-0.1, -0.05) is 29.8 Å². The zero-order valence-corrected chi connectivity index (χ0v) is 15.1. The number of nitrogens with one attached hydrogen (secondary N) is 1. The highest BCUT2D eigenvalue weighted by atomic mass is 32.2. The van der Waals surface area contributed by atoms with E-state index in [2.05, 4.69) is 9.82 Å². The molecule has 0 aliphatic heterocycles. The number of nitrogens with zero attached hydrogens (tertiary/aromatic N) is 2. The van der Waals surface area contributed by atoms with E-state index in [9.17, 15) is 12.8 Å². The Morgan fingerprint density at radius 1 is 1.19 bits per heavy atom. The van der Waals surface area contributed by atoms with Crippen molar-refractivity contribution in [1.82, 2.24) is 9.78 Å². The maximum absolute atomic E-state index is 13.5. The Kier molecular flexibility index (Phi) is 4.94. The molecule has 0 aliphatic carbocycles. The first-order chi connectivity index (χ1) is 12.4.